The van der Waals surface area contributed by atoms with Gasteiger partial charge in [-0.3, -0.25) is 9.59 Å². The van der Waals surface area contributed by atoms with Crippen LogP contribution in [0.15, 0.2) is 48.5 Å². The molecule has 2 aromatic rings. The topological polar surface area (TPSA) is 92.8 Å². The molecular formula is C23H30N2O5S. The Balaban J connectivity index is 2.18. The predicted octanol–water partition coefficient (Wildman–Crippen LogP) is 2.45. The summed E-state index contributed by atoms with van der Waals surface area (Å²) in [5.41, 5.74) is 2.43. The predicted molar refractivity (Wildman–Crippen MR) is 121 cm³/mol. The molecule has 168 valence electrons. The molecule has 2 aromatic carbocycles. The summed E-state index contributed by atoms with van der Waals surface area (Å²) in [5.74, 6) is -0.690. The maximum Gasteiger partial charge on any atom is 0.255 e. The lowest BCUT2D eigenvalue weighted by Crippen LogP contribution is -2.48. The lowest BCUT2D eigenvalue weighted by Gasteiger charge is -2.25. The van der Waals surface area contributed by atoms with Crippen LogP contribution in [0.1, 0.15) is 34.8 Å². The summed E-state index contributed by atoms with van der Waals surface area (Å²) in [6, 6.07) is 13.6. The number of hydrogen-bond acceptors (Lipinski definition) is 5. The van der Waals surface area contributed by atoms with Gasteiger partial charge in [0.05, 0.1) is 18.4 Å². The fourth-order valence-electron chi connectivity index (χ4n) is 3.16. The maximum absolute atomic E-state index is 13.1. The van der Waals surface area contributed by atoms with Crippen LogP contribution in [0.3, 0.4) is 0 Å². The number of carbonyl (C=O) groups excluding carboxylic acids is 2. The van der Waals surface area contributed by atoms with Gasteiger partial charge in [0.1, 0.15) is 21.6 Å². The molecule has 0 aliphatic heterocycles. The highest BCUT2D eigenvalue weighted by Crippen LogP contribution is 2.18. The van der Waals surface area contributed by atoms with Crippen LogP contribution >= 0.6 is 0 Å². The number of sulfone groups is 1. The minimum absolute atomic E-state index is 0.0162. The van der Waals surface area contributed by atoms with Crippen LogP contribution in [-0.2, 0) is 27.6 Å². The molecule has 0 fully saturated rings. The average molecular weight is 447 g/mol. The van der Waals surface area contributed by atoms with Crippen molar-refractivity contribution in [3.05, 3.63) is 65.2 Å². The number of hydrogen-bond donors (Lipinski definition) is 1. The molecule has 7 nitrogen and oxygen atoms in total. The summed E-state index contributed by atoms with van der Waals surface area (Å²) in [6.07, 6.45) is 2.02. The molecule has 0 heterocycles. The molecule has 2 rings (SSSR count). The lowest BCUT2D eigenvalue weighted by atomic mass is 10.1. The number of amides is 2. The van der Waals surface area contributed by atoms with Crippen molar-refractivity contribution >= 4 is 21.7 Å². The number of carbonyl (C=O) groups is 2. The van der Waals surface area contributed by atoms with Crippen molar-refractivity contribution in [3.63, 3.8) is 0 Å². The van der Waals surface area contributed by atoms with Crippen LogP contribution in [0.2, 0.25) is 0 Å². The van der Waals surface area contributed by atoms with Crippen molar-refractivity contribution < 1.29 is 22.7 Å². The second-order valence-corrected chi connectivity index (χ2v) is 9.77. The first-order chi connectivity index (χ1) is 14.6. The van der Waals surface area contributed by atoms with E-state index in [4.69, 9.17) is 4.74 Å². The van der Waals surface area contributed by atoms with Gasteiger partial charge in [-0.05, 0) is 36.1 Å². The summed E-state index contributed by atoms with van der Waals surface area (Å²) in [6.45, 7) is 2.42. The van der Waals surface area contributed by atoms with Gasteiger partial charge in [0.25, 0.3) is 5.91 Å². The van der Waals surface area contributed by atoms with E-state index < -0.39 is 21.8 Å². The van der Waals surface area contributed by atoms with Crippen LogP contribution in [0.25, 0.3) is 0 Å². The third kappa shape index (κ3) is 7.40. The average Bonchev–Trinajstić information content (AvgIpc) is 2.75. The highest BCUT2D eigenvalue weighted by atomic mass is 32.2. The quantitative estimate of drug-likeness (QED) is 0.605. The van der Waals surface area contributed by atoms with Gasteiger partial charge in [0.15, 0.2) is 0 Å². The largest absolute Gasteiger partial charge is 0.496 e. The highest BCUT2D eigenvalue weighted by Gasteiger charge is 2.26. The zero-order valence-corrected chi connectivity index (χ0v) is 19.2. The number of nitrogens with one attached hydrogen (secondary N) is 1. The molecule has 2 amide bonds. The van der Waals surface area contributed by atoms with E-state index in [1.807, 2.05) is 24.3 Å². The Morgan fingerprint density at radius 1 is 1.06 bits per heavy atom. The van der Waals surface area contributed by atoms with Crippen molar-refractivity contribution in [2.45, 2.75) is 32.4 Å². The highest BCUT2D eigenvalue weighted by molar-refractivity contribution is 7.90. The number of para-hydroxylation sites is 1. The van der Waals surface area contributed by atoms with Crippen LogP contribution in [-0.4, -0.2) is 57.3 Å². The fourth-order valence-corrected chi connectivity index (χ4v) is 3.82. The zero-order chi connectivity index (χ0) is 23.0. The molecule has 8 heteroatoms. The molecule has 0 saturated heterocycles. The van der Waals surface area contributed by atoms with E-state index in [1.54, 1.807) is 31.3 Å². The Bertz CT molecular complexity index is 1000. The summed E-state index contributed by atoms with van der Waals surface area (Å²) in [5, 5.41) is 2.69. The summed E-state index contributed by atoms with van der Waals surface area (Å²) in [4.78, 5) is 27.4. The zero-order valence-electron chi connectivity index (χ0n) is 18.4. The molecule has 0 radical (unpaired) electrons. The van der Waals surface area contributed by atoms with Crippen LogP contribution < -0.4 is 10.1 Å². The number of benzene rings is 2. The standard InChI is InChI=1S/C23H30N2O5S/c1-5-17-10-12-18(13-11-17)16-25(2)23(27)20(14-15-31(4,28)29)24-22(26)19-8-6-7-9-21(19)30-3/h6-13,20H,5,14-16H2,1-4H3,(H,24,26). The van der Waals surface area contributed by atoms with Crippen LogP contribution in [0.5, 0.6) is 5.75 Å². The Morgan fingerprint density at radius 2 is 1.68 bits per heavy atom. The smallest absolute Gasteiger partial charge is 0.255 e. The molecule has 0 saturated carbocycles. The summed E-state index contributed by atoms with van der Waals surface area (Å²) < 4.78 is 28.6. The summed E-state index contributed by atoms with van der Waals surface area (Å²) in [7, 11) is -0.213. The minimum atomic E-state index is -3.30. The van der Waals surface area contributed by atoms with E-state index >= 15 is 0 Å². The maximum atomic E-state index is 13.1. The van der Waals surface area contributed by atoms with E-state index in [0.717, 1.165) is 18.2 Å². The van der Waals surface area contributed by atoms with E-state index in [1.165, 1.54) is 17.6 Å². The van der Waals surface area contributed by atoms with Gasteiger partial charge in [-0.15, -0.1) is 0 Å². The van der Waals surface area contributed by atoms with Crippen molar-refractivity contribution in [2.75, 3.05) is 26.2 Å². The molecule has 0 bridgehead atoms. The number of nitrogens with zero attached hydrogens (tertiary/aromatic N) is 1. The molecule has 1 atom stereocenters. The Labute approximate surface area is 184 Å². The number of ether oxygens (including phenoxy) is 1. The van der Waals surface area contributed by atoms with Gasteiger partial charge >= 0.3 is 0 Å². The van der Waals surface area contributed by atoms with Gasteiger partial charge < -0.3 is 15.0 Å². The van der Waals surface area contributed by atoms with Crippen molar-refractivity contribution in [1.29, 1.82) is 0 Å². The molecular weight excluding hydrogens is 416 g/mol. The van der Waals surface area contributed by atoms with Crippen molar-refractivity contribution in [1.82, 2.24) is 10.2 Å². The first kappa shape index (κ1) is 24.4. The number of rotatable bonds is 10. The van der Waals surface area contributed by atoms with Gasteiger partial charge in [-0.25, -0.2) is 8.42 Å². The monoisotopic (exact) mass is 446 g/mol. The first-order valence-electron chi connectivity index (χ1n) is 10.1. The van der Waals surface area contributed by atoms with E-state index in [-0.39, 0.29) is 23.6 Å². The molecule has 0 aromatic heterocycles. The second kappa shape index (κ2) is 10.9. The normalized spacial score (nSPS) is 12.1. The Hall–Kier alpha value is -2.87. The number of likely N-dealkylation sites (N-methyl/N-ethyl adjacent to an activating group) is 1. The van der Waals surface area contributed by atoms with Gasteiger partial charge in [-0.1, -0.05) is 43.3 Å². The van der Waals surface area contributed by atoms with Gasteiger partial charge in [0, 0.05) is 19.8 Å². The Morgan fingerprint density at radius 3 is 2.26 bits per heavy atom. The van der Waals surface area contributed by atoms with E-state index in [9.17, 15) is 18.0 Å². The first-order valence-corrected chi connectivity index (χ1v) is 12.1. The molecule has 1 unspecified atom stereocenters. The minimum Gasteiger partial charge on any atom is -0.496 e. The van der Waals surface area contributed by atoms with E-state index in [2.05, 4.69) is 12.2 Å². The van der Waals surface area contributed by atoms with E-state index in [0.29, 0.717) is 12.3 Å². The summed E-state index contributed by atoms with van der Waals surface area (Å²) >= 11 is 0. The second-order valence-electron chi connectivity index (χ2n) is 7.51. The van der Waals surface area contributed by atoms with Crippen molar-refractivity contribution in [3.8, 4) is 5.75 Å². The molecule has 31 heavy (non-hydrogen) atoms. The third-order valence-electron chi connectivity index (χ3n) is 4.96. The number of aryl methyl sites for hydroxylation is 1. The number of methoxy groups -OCH3 is 1. The molecule has 0 spiro atoms. The Kier molecular flexibility index (Phi) is 8.62. The van der Waals surface area contributed by atoms with Gasteiger partial charge in [-0.2, -0.15) is 0 Å². The third-order valence-corrected chi connectivity index (χ3v) is 5.94. The molecule has 0 aliphatic carbocycles. The van der Waals surface area contributed by atoms with Crippen molar-refractivity contribution in [2.24, 2.45) is 0 Å². The van der Waals surface area contributed by atoms with Crippen LogP contribution in [0, 0.1) is 0 Å². The SMILES string of the molecule is CCc1ccc(CN(C)C(=O)C(CCS(C)(=O)=O)NC(=O)c2ccccc2OC)cc1. The fraction of sp³-hybridized carbons (Fsp3) is 0.391. The van der Waals surface area contributed by atoms with Gasteiger partial charge in [0.2, 0.25) is 5.91 Å². The van der Waals surface area contributed by atoms with Crippen LogP contribution in [0.4, 0.5) is 0 Å². The molecule has 0 aliphatic rings. The molecule has 1 N–H and O–H groups in total. The lowest BCUT2D eigenvalue weighted by molar-refractivity contribution is -0.132.